The van der Waals surface area contributed by atoms with Crippen molar-refractivity contribution < 1.29 is 22.4 Å². The highest BCUT2D eigenvalue weighted by Gasteiger charge is 2.32. The number of nitrogens with one attached hydrogen (secondary N) is 1. The van der Waals surface area contributed by atoms with Gasteiger partial charge in [0.25, 0.3) is 0 Å². The third-order valence-corrected chi connectivity index (χ3v) is 7.61. The second-order valence-corrected chi connectivity index (χ2v) is 9.94. The van der Waals surface area contributed by atoms with E-state index in [0.29, 0.717) is 30.9 Å². The third-order valence-electron chi connectivity index (χ3n) is 5.69. The van der Waals surface area contributed by atoms with E-state index < -0.39 is 10.0 Å². The Kier molecular flexibility index (Phi) is 6.75. The molecule has 1 aliphatic rings. The average molecular weight is 471 g/mol. The number of piperidine rings is 1. The lowest BCUT2D eigenvalue weighted by atomic mass is 9.97. The van der Waals surface area contributed by atoms with Crippen molar-refractivity contribution in [3.63, 3.8) is 0 Å². The van der Waals surface area contributed by atoms with Crippen molar-refractivity contribution in [2.45, 2.75) is 31.1 Å². The molecule has 0 spiro atoms. The summed E-state index contributed by atoms with van der Waals surface area (Å²) in [4.78, 5) is 12.9. The number of rotatable bonds is 7. The lowest BCUT2D eigenvalue weighted by Gasteiger charge is -2.30. The molecule has 1 amide bonds. The van der Waals surface area contributed by atoms with Gasteiger partial charge in [0, 0.05) is 19.0 Å². The lowest BCUT2D eigenvalue weighted by molar-refractivity contribution is -0.121. The molecule has 0 atom stereocenters. The van der Waals surface area contributed by atoms with Crippen LogP contribution in [0.25, 0.3) is 0 Å². The van der Waals surface area contributed by atoms with Crippen LogP contribution in [0.1, 0.15) is 29.9 Å². The molecule has 9 nitrogen and oxygen atoms in total. The fourth-order valence-electron chi connectivity index (χ4n) is 3.72. The van der Waals surface area contributed by atoms with Gasteiger partial charge in [-0.05, 0) is 49.6 Å². The number of ether oxygens (including phenoxy) is 1. The second-order valence-electron chi connectivity index (χ2n) is 8.01. The number of sulfonamides is 1. The van der Waals surface area contributed by atoms with Crippen LogP contribution in [0, 0.1) is 12.8 Å². The molecule has 1 fully saturated rings. The molecule has 1 saturated heterocycles. The van der Waals surface area contributed by atoms with Crippen LogP contribution < -0.4 is 10.1 Å². The van der Waals surface area contributed by atoms with E-state index in [1.807, 2.05) is 31.2 Å². The van der Waals surface area contributed by atoms with Gasteiger partial charge in [-0.15, -0.1) is 5.10 Å². The summed E-state index contributed by atoms with van der Waals surface area (Å²) in [6.07, 6.45) is 1.29. The number of hydrogen-bond donors (Lipinski definition) is 1. The molecule has 0 unspecified atom stereocenters. The van der Waals surface area contributed by atoms with Crippen LogP contribution in [0.2, 0.25) is 0 Å². The van der Waals surface area contributed by atoms with Gasteiger partial charge in [0.2, 0.25) is 21.8 Å². The van der Waals surface area contributed by atoms with E-state index in [1.165, 1.54) is 29.1 Å². The normalized spacial score (nSPS) is 15.3. The van der Waals surface area contributed by atoms with Gasteiger partial charge in [-0.2, -0.15) is 4.31 Å². The molecule has 174 valence electrons. The topological polar surface area (TPSA) is 115 Å². The fourth-order valence-corrected chi connectivity index (χ4v) is 5.19. The second kappa shape index (κ2) is 9.72. The van der Waals surface area contributed by atoms with Gasteiger partial charge in [-0.3, -0.25) is 10.1 Å². The van der Waals surface area contributed by atoms with Crippen LogP contribution in [0.15, 0.2) is 57.8 Å². The zero-order valence-corrected chi connectivity index (χ0v) is 19.3. The summed E-state index contributed by atoms with van der Waals surface area (Å²) in [5, 5.41) is 10.6. The van der Waals surface area contributed by atoms with E-state index in [-0.39, 0.29) is 35.8 Å². The van der Waals surface area contributed by atoms with E-state index in [1.54, 1.807) is 12.1 Å². The molecule has 2 heterocycles. The Hall–Kier alpha value is -3.24. The number of aromatic nitrogens is 2. The van der Waals surface area contributed by atoms with Crippen LogP contribution in [0.3, 0.4) is 0 Å². The summed E-state index contributed by atoms with van der Waals surface area (Å²) in [5.41, 5.74) is 2.20. The van der Waals surface area contributed by atoms with E-state index in [2.05, 4.69) is 15.5 Å². The van der Waals surface area contributed by atoms with Crippen molar-refractivity contribution in [3.8, 4) is 5.75 Å². The first-order chi connectivity index (χ1) is 15.8. The van der Waals surface area contributed by atoms with Crippen molar-refractivity contribution in [3.05, 3.63) is 65.5 Å². The summed E-state index contributed by atoms with van der Waals surface area (Å²) in [6.45, 7) is 2.53. The number of anilines is 1. The molecule has 0 aliphatic carbocycles. The largest absolute Gasteiger partial charge is 0.497 e. The van der Waals surface area contributed by atoms with Crippen molar-refractivity contribution in [2.75, 3.05) is 25.5 Å². The molecular formula is C23H26N4O5S. The molecule has 0 saturated carbocycles. The van der Waals surface area contributed by atoms with Gasteiger partial charge in [-0.25, -0.2) is 8.42 Å². The Morgan fingerprint density at radius 2 is 1.76 bits per heavy atom. The van der Waals surface area contributed by atoms with Crippen molar-refractivity contribution in [1.82, 2.24) is 14.5 Å². The average Bonchev–Trinajstić information content (AvgIpc) is 3.27. The van der Waals surface area contributed by atoms with Gasteiger partial charge < -0.3 is 9.15 Å². The first kappa shape index (κ1) is 22.9. The minimum absolute atomic E-state index is 0.0513. The van der Waals surface area contributed by atoms with Crippen LogP contribution in [0.5, 0.6) is 5.75 Å². The summed E-state index contributed by atoms with van der Waals surface area (Å²) in [5.74, 6) is 0.420. The standard InChI is InChI=1S/C23H26N4O5S/c1-16-3-5-17(6-4-16)15-21-25-26-23(32-21)24-22(28)18-11-13-27(14-12-18)33(29,30)20-9-7-19(31-2)8-10-20/h3-10,18H,11-15H2,1-2H3,(H,24,26,28). The Bertz CT molecular complexity index is 1200. The highest BCUT2D eigenvalue weighted by atomic mass is 32.2. The van der Waals surface area contributed by atoms with E-state index in [0.717, 1.165) is 5.56 Å². The number of aryl methyl sites for hydroxylation is 1. The first-order valence-electron chi connectivity index (χ1n) is 10.7. The Labute approximate surface area is 192 Å². The van der Waals surface area contributed by atoms with Gasteiger partial charge in [-0.1, -0.05) is 34.9 Å². The molecule has 3 aromatic rings. The Morgan fingerprint density at radius 1 is 1.09 bits per heavy atom. The fraction of sp³-hybridized carbons (Fsp3) is 0.348. The summed E-state index contributed by atoms with van der Waals surface area (Å²) in [6, 6.07) is 14.3. The third kappa shape index (κ3) is 5.40. The van der Waals surface area contributed by atoms with Crippen LogP contribution >= 0.6 is 0 Å². The highest BCUT2D eigenvalue weighted by molar-refractivity contribution is 7.89. The predicted octanol–water partition coefficient (Wildman–Crippen LogP) is 3.02. The maximum absolute atomic E-state index is 12.9. The van der Waals surface area contributed by atoms with Crippen molar-refractivity contribution in [1.29, 1.82) is 0 Å². The van der Waals surface area contributed by atoms with E-state index >= 15 is 0 Å². The summed E-state index contributed by atoms with van der Waals surface area (Å²) in [7, 11) is -2.09. The molecule has 1 N–H and O–H groups in total. The van der Waals surface area contributed by atoms with E-state index in [9.17, 15) is 13.2 Å². The molecule has 1 aliphatic heterocycles. The lowest BCUT2D eigenvalue weighted by Crippen LogP contribution is -2.41. The number of hydrogen-bond acceptors (Lipinski definition) is 7. The minimum atomic E-state index is -3.62. The monoisotopic (exact) mass is 470 g/mol. The smallest absolute Gasteiger partial charge is 0.322 e. The maximum atomic E-state index is 12.9. The van der Waals surface area contributed by atoms with Gasteiger partial charge in [0.1, 0.15) is 5.75 Å². The van der Waals surface area contributed by atoms with Gasteiger partial charge in [0.15, 0.2) is 0 Å². The van der Waals surface area contributed by atoms with Crippen molar-refractivity contribution in [2.24, 2.45) is 5.92 Å². The number of carbonyl (C=O) groups excluding carboxylic acids is 1. The molecule has 0 radical (unpaired) electrons. The van der Waals surface area contributed by atoms with Crippen LogP contribution in [-0.2, 0) is 21.2 Å². The zero-order valence-electron chi connectivity index (χ0n) is 18.5. The van der Waals surface area contributed by atoms with Crippen molar-refractivity contribution >= 4 is 21.9 Å². The Morgan fingerprint density at radius 3 is 2.39 bits per heavy atom. The zero-order chi connectivity index (χ0) is 23.4. The molecule has 0 bridgehead atoms. The summed E-state index contributed by atoms with van der Waals surface area (Å²) < 4.78 is 37.8. The molecular weight excluding hydrogens is 444 g/mol. The molecule has 2 aromatic carbocycles. The quantitative estimate of drug-likeness (QED) is 0.564. The maximum Gasteiger partial charge on any atom is 0.322 e. The Balaban J connectivity index is 1.31. The molecule has 4 rings (SSSR count). The number of carbonyl (C=O) groups is 1. The molecule has 10 heteroatoms. The predicted molar refractivity (Wildman–Crippen MR) is 121 cm³/mol. The first-order valence-corrected chi connectivity index (χ1v) is 12.1. The number of amides is 1. The number of benzene rings is 2. The minimum Gasteiger partial charge on any atom is -0.497 e. The SMILES string of the molecule is COc1ccc(S(=O)(=O)N2CCC(C(=O)Nc3nnc(Cc4ccc(C)cc4)o3)CC2)cc1. The number of methoxy groups -OCH3 is 1. The van der Waals surface area contributed by atoms with E-state index in [4.69, 9.17) is 9.15 Å². The van der Waals surface area contributed by atoms with Crippen LogP contribution in [0.4, 0.5) is 6.01 Å². The van der Waals surface area contributed by atoms with Gasteiger partial charge >= 0.3 is 6.01 Å². The van der Waals surface area contributed by atoms with Crippen LogP contribution in [-0.4, -0.2) is 49.0 Å². The summed E-state index contributed by atoms with van der Waals surface area (Å²) >= 11 is 0. The molecule has 1 aromatic heterocycles. The highest BCUT2D eigenvalue weighted by Crippen LogP contribution is 2.26. The van der Waals surface area contributed by atoms with Gasteiger partial charge in [0.05, 0.1) is 18.4 Å². The number of nitrogens with zero attached hydrogens (tertiary/aromatic N) is 3. The molecule has 33 heavy (non-hydrogen) atoms.